The number of rotatable bonds is 29. The molecule has 0 amide bonds. The van der Waals surface area contributed by atoms with Gasteiger partial charge in [-0.25, -0.2) is 0 Å². The van der Waals surface area contributed by atoms with E-state index in [0.717, 1.165) is 11.1 Å². The van der Waals surface area contributed by atoms with Crippen molar-refractivity contribution < 1.29 is 58.3 Å². The third-order valence-electron chi connectivity index (χ3n) is 6.62. The Morgan fingerprint density at radius 1 is 0.375 bits per heavy atom. The molecule has 0 aromatic heterocycles. The first-order valence-electron chi connectivity index (χ1n) is 15.8. The van der Waals surface area contributed by atoms with E-state index in [-0.39, 0.29) is 132 Å². The van der Waals surface area contributed by atoms with Gasteiger partial charge in [0.05, 0.1) is 155 Å². The Morgan fingerprint density at radius 3 is 0.812 bits per heavy atom. The second kappa shape index (κ2) is 26.8. The number of aliphatic hydroxyl groups is 4. The van der Waals surface area contributed by atoms with Crippen LogP contribution in [0.5, 0.6) is 0 Å². The van der Waals surface area contributed by atoms with Crippen LogP contribution in [0.1, 0.15) is 33.4 Å². The zero-order chi connectivity index (χ0) is 34.7. The molecule has 2 aromatic carbocycles. The molecule has 0 saturated heterocycles. The van der Waals surface area contributed by atoms with Gasteiger partial charge in [-0.1, -0.05) is 0 Å². The molecule has 0 radical (unpaired) electrons. The number of benzene rings is 2. The first-order valence-corrected chi connectivity index (χ1v) is 15.8. The summed E-state index contributed by atoms with van der Waals surface area (Å²) in [5.41, 5.74) is 4.87. The summed E-state index contributed by atoms with van der Waals surface area (Å²) < 4.78 is 44.4. The van der Waals surface area contributed by atoms with Crippen molar-refractivity contribution in [2.75, 3.05) is 106 Å². The van der Waals surface area contributed by atoms with Crippen LogP contribution in [0, 0.1) is 22.7 Å². The molecular weight excluding hydrogens is 628 g/mol. The van der Waals surface area contributed by atoms with Gasteiger partial charge in [-0.05, 0) is 57.6 Å². The maximum Gasteiger partial charge on any atom is 0.0999 e. The molecule has 14 nitrogen and oxygen atoms in total. The van der Waals surface area contributed by atoms with Gasteiger partial charge >= 0.3 is 0 Å². The highest BCUT2D eigenvalue weighted by Crippen LogP contribution is 2.31. The van der Waals surface area contributed by atoms with E-state index in [4.69, 9.17) is 58.3 Å². The predicted octanol–water partition coefficient (Wildman–Crippen LogP) is 1.20. The molecule has 0 spiro atoms. The number of nitriles is 2. The third kappa shape index (κ3) is 15.9. The molecule has 0 aliphatic rings. The summed E-state index contributed by atoms with van der Waals surface area (Å²) in [6.07, 6.45) is 0. The standard InChI is InChI=1S/C34H48N2O12/c35-21-33-29(23-45-13-9-41-5-1-37)17-27(18-30(33)24-46-14-10-42-6-2-38)28-19-31(25-47-15-11-43-7-3-39)34(22-36)32(20-28)26-48-16-12-44-8-4-40/h17-20,37-40H,1-16,23-26H2. The molecule has 0 bridgehead atoms. The molecular formula is C34H48N2O12. The molecule has 266 valence electrons. The minimum atomic E-state index is -0.0886. The lowest BCUT2D eigenvalue weighted by Crippen LogP contribution is -2.11. The fraction of sp³-hybridized carbons (Fsp3) is 0.588. The Labute approximate surface area is 281 Å². The first kappa shape index (κ1) is 41.1. The summed E-state index contributed by atoms with van der Waals surface area (Å²) in [5, 5.41) is 56.0. The zero-order valence-electron chi connectivity index (χ0n) is 27.4. The normalized spacial score (nSPS) is 11.1. The van der Waals surface area contributed by atoms with Crippen molar-refractivity contribution in [3.05, 3.63) is 57.6 Å². The summed E-state index contributed by atoms with van der Waals surface area (Å²) in [4.78, 5) is 0. The molecule has 0 aliphatic carbocycles. The summed E-state index contributed by atoms with van der Waals surface area (Å²) in [6.45, 7) is 3.09. The average molecular weight is 677 g/mol. The van der Waals surface area contributed by atoms with E-state index in [2.05, 4.69) is 12.1 Å². The molecule has 0 saturated carbocycles. The maximum atomic E-state index is 10.1. The Morgan fingerprint density at radius 2 is 0.604 bits per heavy atom. The molecule has 0 heterocycles. The van der Waals surface area contributed by atoms with E-state index >= 15 is 0 Å². The summed E-state index contributed by atoms with van der Waals surface area (Å²) in [5.74, 6) is 0. The summed E-state index contributed by atoms with van der Waals surface area (Å²) >= 11 is 0. The SMILES string of the molecule is N#Cc1c(COCCOCCO)cc(-c2cc(COCCOCCO)c(C#N)c(COCCOCCO)c2)cc1COCCOCCO. The Hall–Kier alpha value is -3.06. The van der Waals surface area contributed by atoms with Gasteiger partial charge in [0.15, 0.2) is 0 Å². The van der Waals surface area contributed by atoms with Crippen molar-refractivity contribution >= 4 is 0 Å². The van der Waals surface area contributed by atoms with Gasteiger partial charge in [0.1, 0.15) is 0 Å². The Balaban J connectivity index is 2.44. The minimum Gasteiger partial charge on any atom is -0.394 e. The van der Waals surface area contributed by atoms with Gasteiger partial charge in [0.2, 0.25) is 0 Å². The van der Waals surface area contributed by atoms with Crippen LogP contribution in [-0.4, -0.2) is 126 Å². The van der Waals surface area contributed by atoms with Gasteiger partial charge in [-0.2, -0.15) is 10.5 Å². The number of aliphatic hydroxyl groups excluding tert-OH is 4. The molecule has 48 heavy (non-hydrogen) atoms. The number of hydrogen-bond acceptors (Lipinski definition) is 14. The van der Waals surface area contributed by atoms with Crippen molar-refractivity contribution in [3.8, 4) is 23.3 Å². The van der Waals surface area contributed by atoms with Crippen LogP contribution in [0.3, 0.4) is 0 Å². The van der Waals surface area contributed by atoms with Crippen LogP contribution < -0.4 is 0 Å². The Bertz CT molecular complexity index is 1080. The number of ether oxygens (including phenoxy) is 8. The predicted molar refractivity (Wildman–Crippen MR) is 172 cm³/mol. The Kier molecular flexibility index (Phi) is 23.0. The van der Waals surface area contributed by atoms with Crippen LogP contribution in [0.2, 0.25) is 0 Å². The smallest absolute Gasteiger partial charge is 0.0999 e. The van der Waals surface area contributed by atoms with Crippen molar-refractivity contribution in [1.29, 1.82) is 10.5 Å². The van der Waals surface area contributed by atoms with Crippen LogP contribution in [0.4, 0.5) is 0 Å². The van der Waals surface area contributed by atoms with Crippen molar-refractivity contribution in [3.63, 3.8) is 0 Å². The number of hydrogen-bond donors (Lipinski definition) is 4. The maximum absolute atomic E-state index is 10.1. The van der Waals surface area contributed by atoms with Crippen molar-refractivity contribution in [2.45, 2.75) is 26.4 Å². The van der Waals surface area contributed by atoms with Crippen LogP contribution in [0.25, 0.3) is 11.1 Å². The van der Waals surface area contributed by atoms with E-state index in [9.17, 15) is 10.5 Å². The molecule has 4 N–H and O–H groups in total. The van der Waals surface area contributed by atoms with Crippen LogP contribution in [-0.2, 0) is 64.3 Å². The molecule has 2 rings (SSSR count). The van der Waals surface area contributed by atoms with E-state index in [1.54, 1.807) is 0 Å². The molecule has 0 aliphatic heterocycles. The lowest BCUT2D eigenvalue weighted by Gasteiger charge is -2.17. The fourth-order valence-electron chi connectivity index (χ4n) is 4.48. The second-order valence-electron chi connectivity index (χ2n) is 10.1. The molecule has 2 aromatic rings. The van der Waals surface area contributed by atoms with Gasteiger partial charge in [-0.3, -0.25) is 0 Å². The quantitative estimate of drug-likeness (QED) is 0.0895. The highest BCUT2D eigenvalue weighted by molar-refractivity contribution is 5.70. The van der Waals surface area contributed by atoms with E-state index in [1.807, 2.05) is 24.3 Å². The van der Waals surface area contributed by atoms with E-state index in [1.165, 1.54) is 0 Å². The zero-order valence-corrected chi connectivity index (χ0v) is 27.4. The summed E-state index contributed by atoms with van der Waals surface area (Å²) in [7, 11) is 0. The topological polar surface area (TPSA) is 202 Å². The van der Waals surface area contributed by atoms with E-state index in [0.29, 0.717) is 33.4 Å². The lowest BCUT2D eigenvalue weighted by atomic mass is 9.91. The van der Waals surface area contributed by atoms with Crippen molar-refractivity contribution in [2.24, 2.45) is 0 Å². The fourth-order valence-corrected chi connectivity index (χ4v) is 4.48. The first-order chi connectivity index (χ1) is 23.6. The van der Waals surface area contributed by atoms with E-state index < -0.39 is 0 Å². The largest absolute Gasteiger partial charge is 0.394 e. The lowest BCUT2D eigenvalue weighted by molar-refractivity contribution is 0.0259. The molecule has 0 fully saturated rings. The van der Waals surface area contributed by atoms with Crippen LogP contribution in [0.15, 0.2) is 24.3 Å². The van der Waals surface area contributed by atoms with Crippen LogP contribution >= 0.6 is 0 Å². The van der Waals surface area contributed by atoms with Gasteiger partial charge < -0.3 is 58.3 Å². The number of nitrogens with zero attached hydrogens (tertiary/aromatic N) is 2. The highest BCUT2D eigenvalue weighted by Gasteiger charge is 2.17. The van der Waals surface area contributed by atoms with Gasteiger partial charge in [0, 0.05) is 0 Å². The monoisotopic (exact) mass is 676 g/mol. The summed E-state index contributed by atoms with van der Waals surface area (Å²) in [6, 6.07) is 12.0. The second-order valence-corrected chi connectivity index (χ2v) is 10.1. The highest BCUT2D eigenvalue weighted by atomic mass is 16.5. The van der Waals surface area contributed by atoms with Gasteiger partial charge in [0.25, 0.3) is 0 Å². The van der Waals surface area contributed by atoms with Gasteiger partial charge in [-0.15, -0.1) is 0 Å². The molecule has 0 unspecified atom stereocenters. The molecule has 14 heteroatoms. The van der Waals surface area contributed by atoms with Crippen molar-refractivity contribution in [1.82, 2.24) is 0 Å². The molecule has 0 atom stereocenters. The minimum absolute atomic E-state index is 0.0886. The third-order valence-corrected chi connectivity index (χ3v) is 6.62. The average Bonchev–Trinajstić information content (AvgIpc) is 3.10.